The molecule has 6 nitrogen and oxygen atoms in total. The lowest BCUT2D eigenvalue weighted by atomic mass is 10.2. The lowest BCUT2D eigenvalue weighted by molar-refractivity contribution is -0.119. The fraction of sp³-hybridized carbons (Fsp3) is 0.200. The number of nitrogens with one attached hydrogen (secondary N) is 2. The van der Waals surface area contributed by atoms with E-state index in [1.807, 2.05) is 0 Å². The van der Waals surface area contributed by atoms with E-state index in [-0.39, 0.29) is 24.2 Å². The fourth-order valence-electron chi connectivity index (χ4n) is 1.71. The molecule has 2 N–H and O–H groups in total. The Morgan fingerprint density at radius 2 is 1.67 bits per heavy atom. The molecule has 0 saturated carbocycles. The first-order valence-corrected chi connectivity index (χ1v) is 6.35. The minimum absolute atomic E-state index is 0.00364. The van der Waals surface area contributed by atoms with E-state index >= 15 is 0 Å². The second-order valence-corrected chi connectivity index (χ2v) is 4.42. The molecule has 0 bridgehead atoms. The molecule has 1 aromatic carbocycles. The molecule has 0 radical (unpaired) electrons. The SMILES string of the molecule is COCC(=O)Nc1ccc(NC(=O)c2ccc(C)o2)cc1. The van der Waals surface area contributed by atoms with Gasteiger partial charge in [0.2, 0.25) is 5.91 Å². The van der Waals surface area contributed by atoms with Gasteiger partial charge in [0.25, 0.3) is 5.91 Å². The smallest absolute Gasteiger partial charge is 0.291 e. The van der Waals surface area contributed by atoms with E-state index in [1.54, 1.807) is 43.3 Å². The van der Waals surface area contributed by atoms with Crippen molar-refractivity contribution < 1.29 is 18.7 Å². The van der Waals surface area contributed by atoms with Crippen LogP contribution in [0, 0.1) is 6.92 Å². The molecule has 6 heteroatoms. The number of ether oxygens (including phenoxy) is 1. The molecule has 0 unspecified atom stereocenters. The number of furan rings is 1. The lowest BCUT2D eigenvalue weighted by Gasteiger charge is -2.06. The fourth-order valence-corrected chi connectivity index (χ4v) is 1.71. The van der Waals surface area contributed by atoms with Gasteiger partial charge in [0.15, 0.2) is 5.76 Å². The van der Waals surface area contributed by atoms with Gasteiger partial charge in [-0.15, -0.1) is 0 Å². The number of hydrogen-bond acceptors (Lipinski definition) is 4. The van der Waals surface area contributed by atoms with E-state index in [0.717, 1.165) is 0 Å². The highest BCUT2D eigenvalue weighted by molar-refractivity contribution is 6.02. The van der Waals surface area contributed by atoms with Crippen LogP contribution in [0.15, 0.2) is 40.8 Å². The summed E-state index contributed by atoms with van der Waals surface area (Å²) in [6, 6.07) is 10.1. The van der Waals surface area contributed by atoms with Gasteiger partial charge < -0.3 is 19.8 Å². The Hall–Kier alpha value is -2.60. The van der Waals surface area contributed by atoms with Gasteiger partial charge in [0.1, 0.15) is 12.4 Å². The number of methoxy groups -OCH3 is 1. The van der Waals surface area contributed by atoms with Gasteiger partial charge in [-0.1, -0.05) is 0 Å². The summed E-state index contributed by atoms with van der Waals surface area (Å²) in [5, 5.41) is 5.37. The first-order valence-electron chi connectivity index (χ1n) is 6.35. The van der Waals surface area contributed by atoms with Crippen molar-refractivity contribution in [3.05, 3.63) is 47.9 Å². The molecule has 0 spiro atoms. The van der Waals surface area contributed by atoms with Crippen molar-refractivity contribution in [3.8, 4) is 0 Å². The largest absolute Gasteiger partial charge is 0.456 e. The predicted molar refractivity (Wildman–Crippen MR) is 78.3 cm³/mol. The Kier molecular flexibility index (Phi) is 4.73. The molecule has 2 rings (SSSR count). The number of amides is 2. The third-order valence-electron chi connectivity index (χ3n) is 2.67. The minimum Gasteiger partial charge on any atom is -0.456 e. The van der Waals surface area contributed by atoms with Crippen LogP contribution in [0.2, 0.25) is 0 Å². The summed E-state index contributed by atoms with van der Waals surface area (Å²) in [7, 11) is 1.45. The molecule has 0 atom stereocenters. The van der Waals surface area contributed by atoms with Crippen molar-refractivity contribution >= 4 is 23.2 Å². The van der Waals surface area contributed by atoms with Gasteiger partial charge in [-0.05, 0) is 43.3 Å². The molecule has 1 aromatic heterocycles. The number of hydrogen-bond donors (Lipinski definition) is 2. The third kappa shape index (κ3) is 4.19. The normalized spacial score (nSPS) is 10.2. The standard InChI is InChI=1S/C15H16N2O4/c1-10-3-8-13(21-10)15(19)17-12-6-4-11(5-7-12)16-14(18)9-20-2/h3-8H,9H2,1-2H3,(H,16,18)(H,17,19). The average molecular weight is 288 g/mol. The van der Waals surface area contributed by atoms with Crippen LogP contribution >= 0.6 is 0 Å². The number of benzene rings is 1. The van der Waals surface area contributed by atoms with E-state index in [4.69, 9.17) is 9.15 Å². The molecule has 2 aromatic rings. The van der Waals surface area contributed by atoms with Crippen molar-refractivity contribution in [1.82, 2.24) is 0 Å². The maximum Gasteiger partial charge on any atom is 0.291 e. The van der Waals surface area contributed by atoms with Crippen molar-refractivity contribution in [2.75, 3.05) is 24.4 Å². The average Bonchev–Trinajstić information content (AvgIpc) is 2.88. The monoisotopic (exact) mass is 288 g/mol. The van der Waals surface area contributed by atoms with E-state index in [1.165, 1.54) is 7.11 Å². The van der Waals surface area contributed by atoms with E-state index < -0.39 is 0 Å². The Morgan fingerprint density at radius 1 is 1.05 bits per heavy atom. The van der Waals surface area contributed by atoms with Crippen molar-refractivity contribution in [2.24, 2.45) is 0 Å². The molecule has 0 aliphatic rings. The van der Waals surface area contributed by atoms with E-state index in [0.29, 0.717) is 17.1 Å². The van der Waals surface area contributed by atoms with Crippen LogP contribution in [0.4, 0.5) is 11.4 Å². The maximum atomic E-state index is 11.9. The van der Waals surface area contributed by atoms with Crippen molar-refractivity contribution in [2.45, 2.75) is 6.92 Å². The van der Waals surface area contributed by atoms with Gasteiger partial charge in [-0.25, -0.2) is 0 Å². The topological polar surface area (TPSA) is 80.6 Å². The Bertz CT molecular complexity index is 631. The summed E-state index contributed by atoms with van der Waals surface area (Å²) >= 11 is 0. The van der Waals surface area contributed by atoms with Gasteiger partial charge in [0.05, 0.1) is 0 Å². The third-order valence-corrected chi connectivity index (χ3v) is 2.67. The summed E-state index contributed by atoms with van der Waals surface area (Å²) in [5.41, 5.74) is 1.24. The van der Waals surface area contributed by atoms with Crippen LogP contribution in [-0.2, 0) is 9.53 Å². The first-order chi connectivity index (χ1) is 10.1. The number of carbonyl (C=O) groups is 2. The van der Waals surface area contributed by atoms with Gasteiger partial charge in [-0.2, -0.15) is 0 Å². The van der Waals surface area contributed by atoms with Crippen LogP contribution in [0.1, 0.15) is 16.3 Å². The zero-order chi connectivity index (χ0) is 15.2. The van der Waals surface area contributed by atoms with Crippen LogP contribution in [0.3, 0.4) is 0 Å². The summed E-state index contributed by atoms with van der Waals surface area (Å²) in [4.78, 5) is 23.2. The number of anilines is 2. The lowest BCUT2D eigenvalue weighted by Crippen LogP contribution is -2.17. The molecule has 1 heterocycles. The van der Waals surface area contributed by atoms with Crippen LogP contribution in [0.5, 0.6) is 0 Å². The second-order valence-electron chi connectivity index (χ2n) is 4.42. The molecule has 21 heavy (non-hydrogen) atoms. The number of rotatable bonds is 5. The van der Waals surface area contributed by atoms with Crippen molar-refractivity contribution in [3.63, 3.8) is 0 Å². The quantitative estimate of drug-likeness (QED) is 0.885. The molecule has 0 aliphatic heterocycles. The summed E-state index contributed by atoms with van der Waals surface area (Å²) < 4.78 is 9.96. The summed E-state index contributed by atoms with van der Waals surface area (Å²) in [6.45, 7) is 1.77. The highest BCUT2D eigenvalue weighted by atomic mass is 16.5. The summed E-state index contributed by atoms with van der Waals surface area (Å²) in [5.74, 6) is 0.376. The Labute approximate surface area is 122 Å². The van der Waals surface area contributed by atoms with Crippen LogP contribution < -0.4 is 10.6 Å². The molecule has 0 fully saturated rings. The second kappa shape index (κ2) is 6.71. The molecular formula is C15H16N2O4. The Morgan fingerprint density at radius 3 is 2.19 bits per heavy atom. The van der Waals surface area contributed by atoms with Gasteiger partial charge >= 0.3 is 0 Å². The maximum absolute atomic E-state index is 11.9. The zero-order valence-electron chi connectivity index (χ0n) is 11.8. The highest BCUT2D eigenvalue weighted by Gasteiger charge is 2.10. The summed E-state index contributed by atoms with van der Waals surface area (Å²) in [6.07, 6.45) is 0. The Balaban J connectivity index is 1.96. The molecule has 0 aliphatic carbocycles. The van der Waals surface area contributed by atoms with Crippen LogP contribution in [0.25, 0.3) is 0 Å². The molecule has 110 valence electrons. The predicted octanol–water partition coefficient (Wildman–Crippen LogP) is 2.43. The number of carbonyl (C=O) groups excluding carboxylic acids is 2. The van der Waals surface area contributed by atoms with E-state index in [2.05, 4.69) is 10.6 Å². The first kappa shape index (κ1) is 14.8. The van der Waals surface area contributed by atoms with Crippen molar-refractivity contribution in [1.29, 1.82) is 0 Å². The minimum atomic E-state index is -0.320. The molecular weight excluding hydrogens is 272 g/mol. The van der Waals surface area contributed by atoms with Crippen LogP contribution in [-0.4, -0.2) is 25.5 Å². The molecule has 0 saturated heterocycles. The van der Waals surface area contributed by atoms with Gasteiger partial charge in [0, 0.05) is 18.5 Å². The van der Waals surface area contributed by atoms with Gasteiger partial charge in [-0.3, -0.25) is 9.59 Å². The highest BCUT2D eigenvalue weighted by Crippen LogP contribution is 2.15. The van der Waals surface area contributed by atoms with E-state index in [9.17, 15) is 9.59 Å². The molecule has 2 amide bonds. The number of aryl methyl sites for hydroxylation is 1. The zero-order valence-corrected chi connectivity index (χ0v) is 11.8.